The molecule has 0 spiro atoms. The molecule has 5 N–H and O–H groups in total. The van der Waals surface area contributed by atoms with Gasteiger partial charge in [-0.15, -0.1) is 0 Å². The van der Waals surface area contributed by atoms with Crippen LogP contribution in [0.3, 0.4) is 0 Å². The van der Waals surface area contributed by atoms with E-state index in [4.69, 9.17) is 24.3 Å². The van der Waals surface area contributed by atoms with Crippen LogP contribution in [0.5, 0.6) is 0 Å². The van der Waals surface area contributed by atoms with Crippen molar-refractivity contribution in [3.05, 3.63) is 18.7 Å². The molecule has 1 heterocycles. The first-order chi connectivity index (χ1) is 9.58. The summed E-state index contributed by atoms with van der Waals surface area (Å²) in [5.74, 6) is 0. The maximum atomic E-state index is 11.0. The first-order valence-corrected chi connectivity index (χ1v) is 9.17. The maximum absolute atomic E-state index is 11.0. The van der Waals surface area contributed by atoms with E-state index in [9.17, 15) is 14.2 Å². The van der Waals surface area contributed by atoms with E-state index in [2.05, 4.69) is 4.98 Å². The van der Waals surface area contributed by atoms with Crippen LogP contribution in [0.4, 0.5) is 0 Å². The van der Waals surface area contributed by atoms with E-state index in [0.29, 0.717) is 19.4 Å². The molecule has 0 aliphatic rings. The van der Waals surface area contributed by atoms with E-state index >= 15 is 0 Å². The molecular formula is C9H18N2O8P2. The second kappa shape index (κ2) is 7.13. The molecule has 1 rings (SSSR count). The highest BCUT2D eigenvalue weighted by atomic mass is 31.2. The third-order valence-electron chi connectivity index (χ3n) is 2.74. The Labute approximate surface area is 120 Å². The van der Waals surface area contributed by atoms with Crippen LogP contribution in [0.15, 0.2) is 18.7 Å². The van der Waals surface area contributed by atoms with Crippen molar-refractivity contribution in [1.82, 2.24) is 9.55 Å². The Morgan fingerprint density at radius 1 is 1.14 bits per heavy atom. The minimum absolute atomic E-state index is 0.00297. The molecule has 21 heavy (non-hydrogen) atoms. The Balaban J connectivity index is 2.38. The van der Waals surface area contributed by atoms with Crippen molar-refractivity contribution in [3.63, 3.8) is 0 Å². The zero-order valence-corrected chi connectivity index (χ0v) is 12.8. The van der Waals surface area contributed by atoms with E-state index in [1.807, 2.05) is 4.57 Å². The van der Waals surface area contributed by atoms with E-state index in [1.165, 1.54) is 0 Å². The van der Waals surface area contributed by atoms with Crippen LogP contribution in [-0.4, -0.2) is 52.5 Å². The zero-order valence-electron chi connectivity index (χ0n) is 11.0. The summed E-state index contributed by atoms with van der Waals surface area (Å²) in [6.45, 7) is -0.492. The number of imidazole rings is 1. The monoisotopic (exact) mass is 344 g/mol. The van der Waals surface area contributed by atoms with E-state index in [1.54, 1.807) is 18.7 Å². The Hall–Kier alpha value is -0.570. The molecule has 0 bridgehead atoms. The molecule has 122 valence electrons. The van der Waals surface area contributed by atoms with E-state index in [-0.39, 0.29) is 6.61 Å². The third-order valence-corrected chi connectivity index (χ3v) is 6.43. The number of aromatic nitrogens is 2. The Bertz CT molecular complexity index is 500. The molecule has 0 unspecified atom stereocenters. The maximum Gasteiger partial charge on any atom is 0.371 e. The molecular weight excluding hydrogens is 326 g/mol. The summed E-state index contributed by atoms with van der Waals surface area (Å²) in [6, 6.07) is 0. The predicted molar refractivity (Wildman–Crippen MR) is 71.3 cm³/mol. The van der Waals surface area contributed by atoms with Crippen LogP contribution in [0, 0.1) is 0 Å². The summed E-state index contributed by atoms with van der Waals surface area (Å²) >= 11 is 0. The van der Waals surface area contributed by atoms with Crippen molar-refractivity contribution in [2.45, 2.75) is 24.5 Å². The quantitative estimate of drug-likeness (QED) is 0.298. The van der Waals surface area contributed by atoms with Gasteiger partial charge >= 0.3 is 15.2 Å². The lowest BCUT2D eigenvalue weighted by atomic mass is 10.3. The van der Waals surface area contributed by atoms with Gasteiger partial charge in [0.15, 0.2) is 0 Å². The number of hydrogen-bond donors (Lipinski definition) is 5. The van der Waals surface area contributed by atoms with Crippen LogP contribution >= 0.6 is 15.2 Å². The topological polar surface area (TPSA) is 162 Å². The van der Waals surface area contributed by atoms with Crippen molar-refractivity contribution < 1.29 is 38.5 Å². The average Bonchev–Trinajstić information content (AvgIpc) is 2.83. The van der Waals surface area contributed by atoms with Gasteiger partial charge < -0.3 is 34.0 Å². The molecule has 0 radical (unpaired) electrons. The van der Waals surface area contributed by atoms with Crippen molar-refractivity contribution in [2.24, 2.45) is 0 Å². The lowest BCUT2D eigenvalue weighted by molar-refractivity contribution is 0.0237. The normalized spacial score (nSPS) is 13.6. The molecule has 0 atom stereocenters. The van der Waals surface area contributed by atoms with Gasteiger partial charge in [0.25, 0.3) is 5.08 Å². The number of rotatable bonds is 9. The van der Waals surface area contributed by atoms with Crippen LogP contribution in [0.25, 0.3) is 0 Å². The number of aliphatic hydroxyl groups is 1. The second-order valence-corrected chi connectivity index (χ2v) is 8.43. The summed E-state index contributed by atoms with van der Waals surface area (Å²) in [7, 11) is -10.9. The fraction of sp³-hybridized carbons (Fsp3) is 0.667. The average molecular weight is 344 g/mol. The van der Waals surface area contributed by atoms with E-state index in [0.717, 1.165) is 0 Å². The molecule has 0 fully saturated rings. The number of nitrogens with zero attached hydrogens (tertiary/aromatic N) is 2. The van der Waals surface area contributed by atoms with Crippen molar-refractivity contribution in [2.75, 3.05) is 13.2 Å². The highest BCUT2D eigenvalue weighted by Gasteiger charge is 2.59. The summed E-state index contributed by atoms with van der Waals surface area (Å²) in [5.41, 5.74) is 0. The SMILES string of the molecule is O=P(O)(O)C(O)(COCCCCn1ccnc1)P(=O)(O)O. The second-order valence-electron chi connectivity index (χ2n) is 4.42. The summed E-state index contributed by atoms with van der Waals surface area (Å²) in [6.07, 6.45) is 6.16. The summed E-state index contributed by atoms with van der Waals surface area (Å²) in [5, 5.41) is 6.02. The smallest absolute Gasteiger partial charge is 0.371 e. The van der Waals surface area contributed by atoms with E-state index < -0.39 is 26.9 Å². The fourth-order valence-electron chi connectivity index (χ4n) is 1.46. The Morgan fingerprint density at radius 2 is 1.76 bits per heavy atom. The zero-order chi connectivity index (χ0) is 16.1. The van der Waals surface area contributed by atoms with Crippen molar-refractivity contribution in [3.8, 4) is 0 Å². The van der Waals surface area contributed by atoms with Crippen LogP contribution in [0.2, 0.25) is 0 Å². The van der Waals surface area contributed by atoms with Gasteiger partial charge in [0.1, 0.15) is 0 Å². The Kier molecular flexibility index (Phi) is 6.27. The minimum atomic E-state index is -5.45. The largest absolute Gasteiger partial charge is 0.377 e. The number of hydrogen-bond acceptors (Lipinski definition) is 5. The molecule has 12 heteroatoms. The van der Waals surface area contributed by atoms with Gasteiger partial charge in [0.05, 0.1) is 12.9 Å². The lowest BCUT2D eigenvalue weighted by Crippen LogP contribution is -2.34. The molecule has 1 aromatic heterocycles. The third kappa shape index (κ3) is 4.98. The van der Waals surface area contributed by atoms with Gasteiger partial charge in [-0.25, -0.2) is 4.98 Å². The van der Waals surface area contributed by atoms with Crippen LogP contribution < -0.4 is 0 Å². The highest BCUT2D eigenvalue weighted by molar-refractivity contribution is 7.72. The molecule has 1 aromatic rings. The number of ether oxygens (including phenoxy) is 1. The van der Waals surface area contributed by atoms with Crippen LogP contribution in [0.1, 0.15) is 12.8 Å². The molecule has 0 aliphatic heterocycles. The van der Waals surface area contributed by atoms with Crippen molar-refractivity contribution in [1.29, 1.82) is 0 Å². The summed E-state index contributed by atoms with van der Waals surface area (Å²) < 4.78 is 28.7. The number of unbranched alkanes of at least 4 members (excludes halogenated alkanes) is 1. The van der Waals surface area contributed by atoms with Gasteiger partial charge in [-0.3, -0.25) is 9.13 Å². The van der Waals surface area contributed by atoms with Crippen molar-refractivity contribution >= 4 is 15.2 Å². The van der Waals surface area contributed by atoms with Gasteiger partial charge in [-0.1, -0.05) is 0 Å². The highest BCUT2D eigenvalue weighted by Crippen LogP contribution is 2.67. The van der Waals surface area contributed by atoms with Gasteiger partial charge in [-0.2, -0.15) is 0 Å². The molecule has 0 amide bonds. The number of aryl methyl sites for hydroxylation is 1. The first kappa shape index (κ1) is 18.5. The first-order valence-electron chi connectivity index (χ1n) is 5.95. The molecule has 10 nitrogen and oxygen atoms in total. The molecule has 0 aliphatic carbocycles. The molecule has 0 aromatic carbocycles. The molecule has 0 saturated carbocycles. The minimum Gasteiger partial charge on any atom is -0.377 e. The molecule has 0 saturated heterocycles. The van der Waals surface area contributed by atoms with Gasteiger partial charge in [-0.05, 0) is 12.8 Å². The fourth-order valence-corrected chi connectivity index (χ4v) is 3.34. The summed E-state index contributed by atoms with van der Waals surface area (Å²) in [4.78, 5) is 39.4. The Morgan fingerprint density at radius 3 is 2.24 bits per heavy atom. The standard InChI is InChI=1S/C9H18N2O8P2/c12-9(20(13,14)15,21(16,17)18)7-19-6-2-1-4-11-5-3-10-8-11/h3,5,8,12H,1-2,4,6-7H2,(H2,13,14,15)(H2,16,17,18). The van der Waals surface area contributed by atoms with Gasteiger partial charge in [0.2, 0.25) is 0 Å². The van der Waals surface area contributed by atoms with Gasteiger partial charge in [0, 0.05) is 25.5 Å². The lowest BCUT2D eigenvalue weighted by Gasteiger charge is -2.28. The van der Waals surface area contributed by atoms with Crippen LogP contribution in [-0.2, 0) is 20.4 Å². The predicted octanol–water partition coefficient (Wildman–Crippen LogP) is -0.319.